The Morgan fingerprint density at radius 1 is 1.54 bits per heavy atom. The third-order valence-electron chi connectivity index (χ3n) is 2.69. The van der Waals surface area contributed by atoms with E-state index in [2.05, 4.69) is 6.92 Å². The normalized spacial score (nSPS) is 31.2. The van der Waals surface area contributed by atoms with E-state index in [-0.39, 0.29) is 11.2 Å². The average molecular weight is 201 g/mol. The van der Waals surface area contributed by atoms with E-state index in [1.165, 1.54) is 25.7 Å². The maximum absolute atomic E-state index is 10.9. The van der Waals surface area contributed by atoms with Gasteiger partial charge in [-0.15, -0.1) is 11.8 Å². The lowest BCUT2D eigenvalue weighted by atomic mass is 9.91. The largest absolute Gasteiger partial charge is 0.369 e. The van der Waals surface area contributed by atoms with Crippen LogP contribution in [0.1, 0.15) is 39.5 Å². The van der Waals surface area contributed by atoms with Crippen molar-refractivity contribution < 1.29 is 4.79 Å². The van der Waals surface area contributed by atoms with Crippen LogP contribution in [0, 0.1) is 5.92 Å². The smallest absolute Gasteiger partial charge is 0.230 e. The molecule has 76 valence electrons. The second-order valence-electron chi connectivity index (χ2n) is 4.07. The Balaban J connectivity index is 2.31. The van der Waals surface area contributed by atoms with Crippen molar-refractivity contribution in [3.8, 4) is 0 Å². The van der Waals surface area contributed by atoms with E-state index in [9.17, 15) is 4.79 Å². The summed E-state index contributed by atoms with van der Waals surface area (Å²) in [6, 6.07) is 0. The van der Waals surface area contributed by atoms with Crippen molar-refractivity contribution in [1.29, 1.82) is 0 Å². The molecule has 1 amide bonds. The molecule has 0 spiro atoms. The lowest BCUT2D eigenvalue weighted by molar-refractivity contribution is -0.117. The van der Waals surface area contributed by atoms with Gasteiger partial charge in [0.1, 0.15) is 0 Å². The molecule has 1 aliphatic rings. The van der Waals surface area contributed by atoms with Crippen molar-refractivity contribution in [3.05, 3.63) is 0 Å². The number of hydrogen-bond donors (Lipinski definition) is 1. The molecule has 3 unspecified atom stereocenters. The van der Waals surface area contributed by atoms with Crippen LogP contribution in [0.25, 0.3) is 0 Å². The molecule has 3 atom stereocenters. The van der Waals surface area contributed by atoms with Crippen LogP contribution in [0.15, 0.2) is 0 Å². The van der Waals surface area contributed by atoms with Crippen LogP contribution in [0.2, 0.25) is 0 Å². The number of nitrogens with two attached hydrogens (primary N) is 1. The van der Waals surface area contributed by atoms with Crippen LogP contribution in [-0.2, 0) is 4.79 Å². The van der Waals surface area contributed by atoms with Gasteiger partial charge in [-0.2, -0.15) is 0 Å². The topological polar surface area (TPSA) is 43.1 Å². The highest BCUT2D eigenvalue weighted by Gasteiger charge is 2.22. The van der Waals surface area contributed by atoms with Crippen LogP contribution in [0.4, 0.5) is 0 Å². The number of amides is 1. The van der Waals surface area contributed by atoms with Gasteiger partial charge in [0.25, 0.3) is 0 Å². The number of carbonyl (C=O) groups is 1. The summed E-state index contributed by atoms with van der Waals surface area (Å²) in [5.74, 6) is 0.648. The van der Waals surface area contributed by atoms with Gasteiger partial charge in [-0.3, -0.25) is 4.79 Å². The molecule has 2 nitrogen and oxygen atoms in total. The molecule has 1 aliphatic carbocycles. The molecule has 0 aliphatic heterocycles. The Bertz CT molecular complexity index is 184. The highest BCUT2D eigenvalue weighted by molar-refractivity contribution is 8.01. The molecule has 2 N–H and O–H groups in total. The van der Waals surface area contributed by atoms with Crippen molar-refractivity contribution >= 4 is 17.7 Å². The summed E-state index contributed by atoms with van der Waals surface area (Å²) in [6.07, 6.45) is 5.17. The highest BCUT2D eigenvalue weighted by Crippen LogP contribution is 2.33. The second kappa shape index (κ2) is 4.89. The van der Waals surface area contributed by atoms with E-state index in [1.807, 2.05) is 6.92 Å². The SMILES string of the molecule is CC1CCCC(SC(C)C(N)=O)C1. The first-order valence-electron chi connectivity index (χ1n) is 5.04. The molecular weight excluding hydrogens is 182 g/mol. The minimum absolute atomic E-state index is 0.0182. The summed E-state index contributed by atoms with van der Waals surface area (Å²) in [7, 11) is 0. The zero-order valence-electron chi connectivity index (χ0n) is 8.45. The van der Waals surface area contributed by atoms with Crippen LogP contribution >= 0.6 is 11.8 Å². The van der Waals surface area contributed by atoms with Gasteiger partial charge in [0, 0.05) is 5.25 Å². The van der Waals surface area contributed by atoms with Crippen LogP contribution in [0.3, 0.4) is 0 Å². The number of thioether (sulfide) groups is 1. The molecular formula is C10H19NOS. The van der Waals surface area contributed by atoms with E-state index >= 15 is 0 Å². The summed E-state index contributed by atoms with van der Waals surface area (Å²) >= 11 is 1.76. The first-order valence-corrected chi connectivity index (χ1v) is 5.98. The minimum Gasteiger partial charge on any atom is -0.369 e. The summed E-state index contributed by atoms with van der Waals surface area (Å²) in [5, 5.41) is 0.640. The molecule has 0 radical (unpaired) electrons. The molecule has 13 heavy (non-hydrogen) atoms. The lowest BCUT2D eigenvalue weighted by Crippen LogP contribution is -2.26. The van der Waals surface area contributed by atoms with E-state index < -0.39 is 0 Å². The maximum atomic E-state index is 10.9. The quantitative estimate of drug-likeness (QED) is 0.760. The van der Waals surface area contributed by atoms with Gasteiger partial charge in [0.2, 0.25) is 5.91 Å². The Morgan fingerprint density at radius 2 is 2.23 bits per heavy atom. The predicted molar refractivity (Wildman–Crippen MR) is 57.7 cm³/mol. The monoisotopic (exact) mass is 201 g/mol. The Morgan fingerprint density at radius 3 is 2.77 bits per heavy atom. The average Bonchev–Trinajstić information content (AvgIpc) is 2.04. The molecule has 0 heterocycles. The summed E-state index contributed by atoms with van der Waals surface area (Å²) in [5.41, 5.74) is 5.23. The lowest BCUT2D eigenvalue weighted by Gasteiger charge is -2.27. The van der Waals surface area contributed by atoms with Gasteiger partial charge in [-0.1, -0.05) is 19.8 Å². The van der Waals surface area contributed by atoms with Crippen LogP contribution < -0.4 is 5.73 Å². The zero-order chi connectivity index (χ0) is 9.84. The predicted octanol–water partition coefficient (Wildman–Crippen LogP) is 2.17. The molecule has 0 saturated heterocycles. The Hall–Kier alpha value is -0.180. The van der Waals surface area contributed by atoms with Gasteiger partial charge in [-0.05, 0) is 25.7 Å². The Labute approximate surface area is 84.6 Å². The highest BCUT2D eigenvalue weighted by atomic mass is 32.2. The van der Waals surface area contributed by atoms with Crippen molar-refractivity contribution in [2.75, 3.05) is 0 Å². The first kappa shape index (κ1) is 10.9. The Kier molecular flexibility index (Phi) is 4.10. The fourth-order valence-electron chi connectivity index (χ4n) is 1.86. The van der Waals surface area contributed by atoms with E-state index in [0.29, 0.717) is 5.25 Å². The van der Waals surface area contributed by atoms with Gasteiger partial charge in [0.15, 0.2) is 0 Å². The standard InChI is InChI=1S/C10H19NOS/c1-7-4-3-5-9(6-7)13-8(2)10(11)12/h7-9H,3-6H2,1-2H3,(H2,11,12). The van der Waals surface area contributed by atoms with E-state index in [1.54, 1.807) is 11.8 Å². The fourth-order valence-corrected chi connectivity index (χ4v) is 3.31. The summed E-state index contributed by atoms with van der Waals surface area (Å²) in [6.45, 7) is 4.20. The second-order valence-corrected chi connectivity index (χ2v) is 5.72. The summed E-state index contributed by atoms with van der Waals surface area (Å²) < 4.78 is 0. The van der Waals surface area contributed by atoms with Gasteiger partial charge in [-0.25, -0.2) is 0 Å². The minimum atomic E-state index is -0.178. The number of carbonyl (C=O) groups excluding carboxylic acids is 1. The molecule has 0 bridgehead atoms. The molecule has 1 saturated carbocycles. The number of primary amides is 1. The third-order valence-corrected chi connectivity index (χ3v) is 4.14. The van der Waals surface area contributed by atoms with Crippen molar-refractivity contribution in [2.45, 2.75) is 50.0 Å². The van der Waals surface area contributed by atoms with Gasteiger partial charge < -0.3 is 5.73 Å². The van der Waals surface area contributed by atoms with Gasteiger partial charge >= 0.3 is 0 Å². The fraction of sp³-hybridized carbons (Fsp3) is 0.900. The van der Waals surface area contributed by atoms with Gasteiger partial charge in [0.05, 0.1) is 5.25 Å². The van der Waals surface area contributed by atoms with E-state index in [4.69, 9.17) is 5.73 Å². The molecule has 0 aromatic carbocycles. The van der Waals surface area contributed by atoms with Crippen molar-refractivity contribution in [2.24, 2.45) is 11.7 Å². The molecule has 1 rings (SSSR count). The van der Waals surface area contributed by atoms with Crippen LogP contribution in [0.5, 0.6) is 0 Å². The van der Waals surface area contributed by atoms with E-state index in [0.717, 1.165) is 5.92 Å². The molecule has 1 fully saturated rings. The van der Waals surface area contributed by atoms with Crippen LogP contribution in [-0.4, -0.2) is 16.4 Å². The summed E-state index contributed by atoms with van der Waals surface area (Å²) in [4.78, 5) is 10.9. The number of rotatable bonds is 3. The van der Waals surface area contributed by atoms with Crippen molar-refractivity contribution in [1.82, 2.24) is 0 Å². The molecule has 0 aromatic rings. The first-order chi connectivity index (χ1) is 6.09. The molecule has 0 aromatic heterocycles. The molecule has 3 heteroatoms. The zero-order valence-corrected chi connectivity index (χ0v) is 9.27. The third kappa shape index (κ3) is 3.59. The van der Waals surface area contributed by atoms with Crippen molar-refractivity contribution in [3.63, 3.8) is 0 Å². The maximum Gasteiger partial charge on any atom is 0.230 e. The number of hydrogen-bond acceptors (Lipinski definition) is 2.